The molecule has 0 saturated carbocycles. The maximum Gasteiger partial charge on any atom is 0.335 e. The topological polar surface area (TPSA) is 66.8 Å². The molecule has 3 rings (SSSR count). The molecule has 2 aromatic carbocycles. The van der Waals surface area contributed by atoms with E-state index in [0.29, 0.717) is 24.4 Å². The van der Waals surface area contributed by atoms with E-state index in [1.54, 1.807) is 17.0 Å². The number of nitrogens with zero attached hydrogens (tertiary/aromatic N) is 1. The molecule has 5 heteroatoms. The summed E-state index contributed by atoms with van der Waals surface area (Å²) in [4.78, 5) is 25.3. The summed E-state index contributed by atoms with van der Waals surface area (Å²) in [5.74, 6) is -0.457. The predicted molar refractivity (Wildman–Crippen MR) is 90.6 cm³/mol. The van der Waals surface area contributed by atoms with Crippen LogP contribution in [0.15, 0.2) is 48.5 Å². The summed E-state index contributed by atoms with van der Waals surface area (Å²) >= 11 is 0. The molecule has 124 valence electrons. The van der Waals surface area contributed by atoms with Crippen LogP contribution in [-0.4, -0.2) is 29.6 Å². The number of carbonyl (C=O) groups is 2. The van der Waals surface area contributed by atoms with Crippen LogP contribution in [0.2, 0.25) is 0 Å². The predicted octanol–water partition coefficient (Wildman–Crippen LogP) is 3.13. The van der Waals surface area contributed by atoms with Gasteiger partial charge in [0.25, 0.3) is 5.91 Å². The van der Waals surface area contributed by atoms with E-state index < -0.39 is 12.1 Å². The average Bonchev–Trinajstić information content (AvgIpc) is 2.96. The molecule has 0 bridgehead atoms. The molecule has 1 atom stereocenters. The van der Waals surface area contributed by atoms with E-state index in [1.165, 1.54) is 12.1 Å². The van der Waals surface area contributed by atoms with E-state index in [-0.39, 0.29) is 11.5 Å². The van der Waals surface area contributed by atoms with Gasteiger partial charge in [0.15, 0.2) is 6.10 Å². The first-order valence-corrected chi connectivity index (χ1v) is 7.99. The van der Waals surface area contributed by atoms with Crippen LogP contribution in [-0.2, 0) is 11.2 Å². The van der Waals surface area contributed by atoms with E-state index in [4.69, 9.17) is 9.84 Å². The minimum atomic E-state index is -1.01. The largest absolute Gasteiger partial charge is 0.481 e. The van der Waals surface area contributed by atoms with Gasteiger partial charge < -0.3 is 14.7 Å². The van der Waals surface area contributed by atoms with Crippen LogP contribution in [0.1, 0.15) is 29.3 Å². The minimum absolute atomic E-state index is 0.139. The Bertz CT molecular complexity index is 771. The lowest BCUT2D eigenvalue weighted by atomic mass is 10.1. The highest BCUT2D eigenvalue weighted by atomic mass is 16.5. The number of rotatable bonds is 5. The van der Waals surface area contributed by atoms with Crippen LogP contribution in [0, 0.1) is 0 Å². The first-order valence-electron chi connectivity index (χ1n) is 7.99. The summed E-state index contributed by atoms with van der Waals surface area (Å²) in [6.07, 6.45) is 0.946. The van der Waals surface area contributed by atoms with Crippen molar-refractivity contribution >= 4 is 17.6 Å². The lowest BCUT2D eigenvalue weighted by Crippen LogP contribution is -2.32. The number of carboxylic acids is 1. The molecule has 0 aromatic heterocycles. The quantitative estimate of drug-likeness (QED) is 0.917. The molecule has 24 heavy (non-hydrogen) atoms. The standard InChI is InChI=1S/C19H19NO4/c1-2-13-5-3-8-16(11-13)24-17-9-10-20(18(17)21)15-7-4-6-14(12-15)19(22)23/h3-8,11-12,17H,2,9-10H2,1H3,(H,22,23)/t17-/m0/s1. The number of anilines is 1. The van der Waals surface area contributed by atoms with Gasteiger partial charge >= 0.3 is 5.97 Å². The number of carbonyl (C=O) groups excluding carboxylic acids is 1. The Morgan fingerprint density at radius 3 is 2.79 bits per heavy atom. The van der Waals surface area contributed by atoms with Crippen molar-refractivity contribution in [2.45, 2.75) is 25.9 Å². The fraction of sp³-hybridized carbons (Fsp3) is 0.263. The van der Waals surface area contributed by atoms with Gasteiger partial charge in [-0.1, -0.05) is 25.1 Å². The van der Waals surface area contributed by atoms with Crippen molar-refractivity contribution in [3.05, 3.63) is 59.7 Å². The number of hydrogen-bond acceptors (Lipinski definition) is 3. The number of aromatic carboxylic acids is 1. The molecule has 1 aliphatic rings. The highest BCUT2D eigenvalue weighted by Crippen LogP contribution is 2.26. The van der Waals surface area contributed by atoms with Crippen molar-refractivity contribution in [2.24, 2.45) is 0 Å². The zero-order chi connectivity index (χ0) is 17.1. The molecule has 1 N–H and O–H groups in total. The van der Waals surface area contributed by atoms with Crippen molar-refractivity contribution in [1.29, 1.82) is 0 Å². The molecule has 1 fully saturated rings. The van der Waals surface area contributed by atoms with Crippen LogP contribution in [0.4, 0.5) is 5.69 Å². The minimum Gasteiger partial charge on any atom is -0.481 e. The third-order valence-corrected chi connectivity index (χ3v) is 4.15. The van der Waals surface area contributed by atoms with Crippen LogP contribution >= 0.6 is 0 Å². The van der Waals surface area contributed by atoms with Gasteiger partial charge in [-0.2, -0.15) is 0 Å². The molecule has 2 aromatic rings. The Morgan fingerprint density at radius 1 is 1.25 bits per heavy atom. The molecule has 0 aliphatic carbocycles. The summed E-state index contributed by atoms with van der Waals surface area (Å²) in [5, 5.41) is 9.09. The van der Waals surface area contributed by atoms with Crippen LogP contribution in [0.3, 0.4) is 0 Å². The Balaban J connectivity index is 1.75. The molecule has 0 radical (unpaired) electrons. The first-order chi connectivity index (χ1) is 11.6. The second kappa shape index (κ2) is 6.74. The zero-order valence-corrected chi connectivity index (χ0v) is 13.4. The van der Waals surface area contributed by atoms with Gasteiger partial charge in [0, 0.05) is 18.7 Å². The molecule has 5 nitrogen and oxygen atoms in total. The normalized spacial score (nSPS) is 17.1. The summed E-state index contributed by atoms with van der Waals surface area (Å²) in [6, 6.07) is 14.1. The Labute approximate surface area is 140 Å². The average molecular weight is 325 g/mol. The van der Waals surface area contributed by atoms with Gasteiger partial charge in [-0.05, 0) is 42.3 Å². The van der Waals surface area contributed by atoms with E-state index in [9.17, 15) is 9.59 Å². The fourth-order valence-corrected chi connectivity index (χ4v) is 2.83. The maximum absolute atomic E-state index is 12.6. The van der Waals surface area contributed by atoms with Crippen molar-refractivity contribution in [3.63, 3.8) is 0 Å². The highest BCUT2D eigenvalue weighted by Gasteiger charge is 2.34. The number of ether oxygens (including phenoxy) is 1. The lowest BCUT2D eigenvalue weighted by Gasteiger charge is -2.18. The van der Waals surface area contributed by atoms with Crippen molar-refractivity contribution < 1.29 is 19.4 Å². The molecule has 1 saturated heterocycles. The van der Waals surface area contributed by atoms with Crippen molar-refractivity contribution in [3.8, 4) is 5.75 Å². The summed E-state index contributed by atoms with van der Waals surface area (Å²) < 4.78 is 5.85. The smallest absolute Gasteiger partial charge is 0.335 e. The van der Waals surface area contributed by atoms with Gasteiger partial charge in [0.05, 0.1) is 5.56 Å². The molecular formula is C19H19NO4. The molecule has 0 unspecified atom stereocenters. The molecule has 1 amide bonds. The summed E-state index contributed by atoms with van der Waals surface area (Å²) in [5.41, 5.74) is 1.91. The van der Waals surface area contributed by atoms with Gasteiger partial charge in [-0.25, -0.2) is 4.79 Å². The monoisotopic (exact) mass is 325 g/mol. The van der Waals surface area contributed by atoms with E-state index in [2.05, 4.69) is 6.92 Å². The van der Waals surface area contributed by atoms with E-state index in [1.807, 2.05) is 24.3 Å². The molecular weight excluding hydrogens is 306 g/mol. The zero-order valence-electron chi connectivity index (χ0n) is 13.4. The van der Waals surface area contributed by atoms with Crippen LogP contribution in [0.25, 0.3) is 0 Å². The third kappa shape index (κ3) is 3.25. The summed E-state index contributed by atoms with van der Waals surface area (Å²) in [6.45, 7) is 2.58. The van der Waals surface area contributed by atoms with E-state index in [0.717, 1.165) is 12.0 Å². The molecule has 1 aliphatic heterocycles. The fourth-order valence-electron chi connectivity index (χ4n) is 2.83. The van der Waals surface area contributed by atoms with Gasteiger partial charge in [-0.3, -0.25) is 4.79 Å². The maximum atomic E-state index is 12.6. The number of aryl methyl sites for hydroxylation is 1. The third-order valence-electron chi connectivity index (χ3n) is 4.15. The van der Waals surface area contributed by atoms with E-state index >= 15 is 0 Å². The summed E-state index contributed by atoms with van der Waals surface area (Å²) in [7, 11) is 0. The number of hydrogen-bond donors (Lipinski definition) is 1. The SMILES string of the molecule is CCc1cccc(O[C@H]2CCN(c3cccc(C(=O)O)c3)C2=O)c1. The molecule has 1 heterocycles. The number of carboxylic acid groups (broad SMARTS) is 1. The Kier molecular flexibility index (Phi) is 4.51. The number of benzene rings is 2. The second-order valence-corrected chi connectivity index (χ2v) is 5.74. The van der Waals surface area contributed by atoms with Crippen LogP contribution in [0.5, 0.6) is 5.75 Å². The Hall–Kier alpha value is -2.82. The van der Waals surface area contributed by atoms with Gasteiger partial charge in [-0.15, -0.1) is 0 Å². The first kappa shape index (κ1) is 16.1. The van der Waals surface area contributed by atoms with Crippen molar-refractivity contribution in [2.75, 3.05) is 11.4 Å². The lowest BCUT2D eigenvalue weighted by molar-refractivity contribution is -0.122. The second-order valence-electron chi connectivity index (χ2n) is 5.74. The Morgan fingerprint density at radius 2 is 2.04 bits per heavy atom. The van der Waals surface area contributed by atoms with Gasteiger partial charge in [0.1, 0.15) is 5.75 Å². The number of amides is 1. The van der Waals surface area contributed by atoms with Gasteiger partial charge in [0.2, 0.25) is 0 Å². The highest BCUT2D eigenvalue weighted by molar-refractivity contribution is 6.00. The van der Waals surface area contributed by atoms with Crippen molar-refractivity contribution in [1.82, 2.24) is 0 Å². The van der Waals surface area contributed by atoms with Crippen LogP contribution < -0.4 is 9.64 Å². The molecule has 0 spiro atoms.